The number of Topliss-reactive ketones (excluding diaryl/α,β-unsaturated/α-hetero) is 2. The molecule has 3 aliphatic rings. The molecule has 1 saturated carbocycles. The number of amides is 2. The lowest BCUT2D eigenvalue weighted by Gasteiger charge is -2.37. The zero-order valence-electron chi connectivity index (χ0n) is 43.9. The Labute approximate surface area is 467 Å². The minimum atomic E-state index is -4.01. The number of nitrogens with one attached hydrogen (secondary N) is 2. The highest BCUT2D eigenvalue weighted by Gasteiger charge is 2.61. The summed E-state index contributed by atoms with van der Waals surface area (Å²) in [6, 6.07) is 2.13. The maximum absolute atomic E-state index is 14.8. The Kier molecular flexibility index (Phi) is 24.8. The Morgan fingerprint density at radius 3 is 1.54 bits per heavy atom. The molecule has 4 unspecified atom stereocenters. The lowest BCUT2D eigenvalue weighted by molar-refractivity contribution is -0.162. The van der Waals surface area contributed by atoms with E-state index in [0.29, 0.717) is 21.3 Å². The molecule has 1 aliphatic carbocycles. The number of halogens is 4. The zero-order valence-corrected chi connectivity index (χ0v) is 45.6. The van der Waals surface area contributed by atoms with Gasteiger partial charge in [-0.25, -0.2) is 19.2 Å². The minimum Gasteiger partial charge on any atom is -0.460 e. The van der Waals surface area contributed by atoms with Crippen molar-refractivity contribution in [3.05, 3.63) is 45.5 Å². The van der Waals surface area contributed by atoms with Crippen LogP contribution < -0.4 is 33.5 Å². The summed E-state index contributed by atoms with van der Waals surface area (Å²) in [5, 5.41) is 25.7. The topological polar surface area (TPSA) is 388 Å². The summed E-state index contributed by atoms with van der Waals surface area (Å²) in [7, 11) is 0. The van der Waals surface area contributed by atoms with Crippen molar-refractivity contribution in [2.45, 2.75) is 124 Å². The van der Waals surface area contributed by atoms with Gasteiger partial charge in [-0.05, 0) is 38.3 Å². The first-order valence-corrected chi connectivity index (χ1v) is 27.5. The van der Waals surface area contributed by atoms with Gasteiger partial charge in [0.2, 0.25) is 24.3 Å². The normalized spacial score (nSPS) is 23.3. The highest BCUT2D eigenvalue weighted by atomic mass is 32.2. The summed E-state index contributed by atoms with van der Waals surface area (Å²) in [6.45, 7) is -0.714. The molecule has 2 aliphatic heterocycles. The van der Waals surface area contributed by atoms with Gasteiger partial charge in [0.15, 0.2) is 25.4 Å². The summed E-state index contributed by atoms with van der Waals surface area (Å²) in [5.74, 6) is -14.6. The van der Waals surface area contributed by atoms with Gasteiger partial charge in [-0.2, -0.15) is 51.1 Å². The quantitative estimate of drug-likeness (QED) is 0.0230. The van der Waals surface area contributed by atoms with Crippen LogP contribution >= 0.6 is 23.5 Å². The van der Waals surface area contributed by atoms with Crippen LogP contribution in [0.1, 0.15) is 77.7 Å². The van der Waals surface area contributed by atoms with E-state index in [2.05, 4.69) is 20.6 Å². The number of aliphatic hydroxyl groups excluding tert-OH is 2. The number of nitrogens with two attached hydrogens (primary N) is 2. The van der Waals surface area contributed by atoms with Crippen LogP contribution in [0.5, 0.6) is 0 Å². The first-order valence-electron chi connectivity index (χ1n) is 25.4. The first-order chi connectivity index (χ1) is 38.3. The second-order valence-corrected chi connectivity index (χ2v) is 21.4. The average molecular weight is 1200 g/mol. The number of aromatic nitrogens is 4. The number of esters is 4. The van der Waals surface area contributed by atoms with Gasteiger partial charge in [0.25, 0.3) is 0 Å². The second-order valence-electron chi connectivity index (χ2n) is 18.8. The molecule has 2 saturated heterocycles. The van der Waals surface area contributed by atoms with Crippen molar-refractivity contribution in [2.24, 2.45) is 11.8 Å². The molecular formula is C48H64F4N8O19S2. The van der Waals surface area contributed by atoms with Gasteiger partial charge in [0.05, 0.1) is 32.0 Å². The molecule has 0 spiro atoms. The van der Waals surface area contributed by atoms with Crippen LogP contribution in [0.4, 0.5) is 29.2 Å². The lowest BCUT2D eigenvalue weighted by atomic mass is 9.99. The molecule has 81 heavy (non-hydrogen) atoms. The van der Waals surface area contributed by atoms with E-state index in [-0.39, 0.29) is 97.3 Å². The van der Waals surface area contributed by atoms with Gasteiger partial charge < -0.3 is 65.5 Å². The van der Waals surface area contributed by atoms with E-state index < -0.39 is 135 Å². The third-order valence-corrected chi connectivity index (χ3v) is 16.1. The number of rotatable bonds is 33. The molecule has 10 atom stereocenters. The van der Waals surface area contributed by atoms with Gasteiger partial charge in [-0.15, -0.1) is 0 Å². The monoisotopic (exact) mass is 1200 g/mol. The number of hydrogen-bond donors (Lipinski definition) is 6. The van der Waals surface area contributed by atoms with Crippen LogP contribution in [0.15, 0.2) is 34.1 Å². The zero-order chi connectivity index (χ0) is 59.6. The van der Waals surface area contributed by atoms with Crippen LogP contribution in [0.25, 0.3) is 0 Å². The van der Waals surface area contributed by atoms with E-state index in [4.69, 9.17) is 44.6 Å². The number of ether oxygens (including phenoxy) is 7. The number of carbonyl (C=O) groups excluding carboxylic acids is 8. The maximum Gasteiger partial charge on any atom is 0.351 e. The minimum absolute atomic E-state index is 0.0265. The Bertz CT molecular complexity index is 2670. The molecular weight excluding hydrogens is 1130 g/mol. The van der Waals surface area contributed by atoms with E-state index in [1.807, 2.05) is 6.92 Å². The summed E-state index contributed by atoms with van der Waals surface area (Å²) < 4.78 is 95.1. The predicted molar refractivity (Wildman–Crippen MR) is 274 cm³/mol. The van der Waals surface area contributed by atoms with Crippen molar-refractivity contribution in [2.75, 3.05) is 75.7 Å². The molecule has 33 heteroatoms. The summed E-state index contributed by atoms with van der Waals surface area (Å²) >= 11 is 3.02. The Balaban J connectivity index is 0.994. The van der Waals surface area contributed by atoms with Crippen LogP contribution in [-0.2, 0) is 71.5 Å². The predicted octanol–water partition coefficient (Wildman–Crippen LogP) is -0.378. The fraction of sp³-hybridized carbons (Fsp3) is 0.667. The van der Waals surface area contributed by atoms with E-state index in [1.54, 1.807) is 11.8 Å². The van der Waals surface area contributed by atoms with Gasteiger partial charge in [-0.1, -0.05) is 6.92 Å². The number of anilines is 2. The highest BCUT2D eigenvalue weighted by molar-refractivity contribution is 8.04. The van der Waals surface area contributed by atoms with Crippen molar-refractivity contribution >= 4 is 82.4 Å². The van der Waals surface area contributed by atoms with Gasteiger partial charge in [0.1, 0.15) is 48.6 Å². The molecule has 4 heterocycles. The first kappa shape index (κ1) is 65.5. The largest absolute Gasteiger partial charge is 0.460 e. The third kappa shape index (κ3) is 19.2. The Morgan fingerprint density at radius 2 is 1.12 bits per heavy atom. The molecule has 450 valence electrons. The maximum atomic E-state index is 14.8. The molecule has 27 nitrogen and oxygen atoms in total. The molecule has 3 fully saturated rings. The van der Waals surface area contributed by atoms with Crippen LogP contribution in [0.3, 0.4) is 0 Å². The molecule has 2 amide bonds. The second kappa shape index (κ2) is 30.7. The van der Waals surface area contributed by atoms with Crippen molar-refractivity contribution in [1.29, 1.82) is 0 Å². The summed E-state index contributed by atoms with van der Waals surface area (Å²) in [4.78, 5) is 131. The van der Waals surface area contributed by atoms with E-state index in [0.717, 1.165) is 37.4 Å². The number of nitrogens with zero attached hydrogens (tertiary/aromatic N) is 4. The number of carbonyl (C=O) groups is 8. The van der Waals surface area contributed by atoms with Gasteiger partial charge >= 0.3 is 47.1 Å². The van der Waals surface area contributed by atoms with Crippen LogP contribution in [0.2, 0.25) is 0 Å². The number of thioether (sulfide) groups is 2. The molecule has 0 bridgehead atoms. The molecule has 0 aromatic carbocycles. The number of hydrogen-bond acceptors (Lipinski definition) is 25. The van der Waals surface area contributed by atoms with Gasteiger partial charge in [0, 0.05) is 72.7 Å². The van der Waals surface area contributed by atoms with E-state index in [9.17, 15) is 75.7 Å². The van der Waals surface area contributed by atoms with E-state index in [1.165, 1.54) is 18.7 Å². The smallest absolute Gasteiger partial charge is 0.351 e. The summed E-state index contributed by atoms with van der Waals surface area (Å²) in [5.41, 5.74) is 8.44. The van der Waals surface area contributed by atoms with Crippen molar-refractivity contribution < 1.29 is 99.3 Å². The Morgan fingerprint density at radius 1 is 0.691 bits per heavy atom. The third-order valence-electron chi connectivity index (χ3n) is 12.7. The fourth-order valence-electron chi connectivity index (χ4n) is 7.93. The number of ketones is 2. The standard InChI is InChI=1S/C48H64F4N8O19S2/c1-3-26(41(69)55-12-6-35(63)76-21-37(65)74-19-29-39(67)47(49,50)43(78-29)59-14-8-33(53)57-45(59)71)23-80-31-4-5-32(31)81-24-27(18-28(62)11-17-73-16-10-25(2)61)42(70)56-13-7-36(64)77-22-38(66)75-20-30-40(68)48(51,52)44(79-30)60-15-9-34(54)58-46(60)72/h8-9,14-15,26-27,29-32,39-40,43-44,67-68H,3-7,10-13,16-24H2,1-2H3,(H,55,69)(H,56,70)(H2,53,57,71)(H2,54,58,72)/t26?,27?,29-,30-,31?,32?,39-,40-,43-,44-/m0/s1. The molecule has 8 N–H and O–H groups in total. The highest BCUT2D eigenvalue weighted by Crippen LogP contribution is 2.44. The summed E-state index contributed by atoms with van der Waals surface area (Å²) in [6.07, 6.45) is -10.1. The van der Waals surface area contributed by atoms with E-state index >= 15 is 0 Å². The lowest BCUT2D eigenvalue weighted by Crippen LogP contribution is -2.42. The van der Waals surface area contributed by atoms with Crippen molar-refractivity contribution in [3.8, 4) is 0 Å². The van der Waals surface area contributed by atoms with Crippen molar-refractivity contribution in [1.82, 2.24) is 29.7 Å². The molecule has 2 aromatic heterocycles. The SMILES string of the molecule is CCC(CSC1CCC1SCC(CC(=O)CCOCCC(C)=O)C(=O)NCCC(=O)OCC(=O)OC[C@@H]1O[C@H](n2ccc(N)nc2=O)C(F)(F)[C@H]1O)C(=O)NCCC(=O)OCC(=O)OC[C@@H]1O[C@H](n2ccc(N)nc2=O)C(F)(F)[C@H]1O. The molecule has 5 rings (SSSR count). The van der Waals surface area contributed by atoms with Crippen LogP contribution in [-0.4, -0.2) is 188 Å². The van der Waals surface area contributed by atoms with Crippen molar-refractivity contribution in [3.63, 3.8) is 0 Å². The van der Waals surface area contributed by atoms with Gasteiger partial charge in [-0.3, -0.25) is 37.9 Å². The molecule has 0 radical (unpaired) electrons. The Hall–Kier alpha value is -6.26. The number of aliphatic hydroxyl groups is 2. The fourth-order valence-corrected chi connectivity index (χ4v) is 11.3. The number of nitrogen functional groups attached to an aromatic ring is 2. The number of alkyl halides is 4. The average Bonchev–Trinajstić information content (AvgIpc) is 3.86. The molecule has 2 aromatic rings. The van der Waals surface area contributed by atoms with Crippen LogP contribution in [0, 0.1) is 11.8 Å².